The number of nitrogens with zero attached hydrogens (tertiary/aromatic N) is 4. The third-order valence-corrected chi connectivity index (χ3v) is 12.9. The summed E-state index contributed by atoms with van der Waals surface area (Å²) in [6.07, 6.45) is 0. The maximum Gasteiger partial charge on any atom is 0.295 e. The van der Waals surface area contributed by atoms with Gasteiger partial charge in [0.1, 0.15) is 0 Å². The van der Waals surface area contributed by atoms with Gasteiger partial charge < -0.3 is 0 Å². The van der Waals surface area contributed by atoms with Crippen LogP contribution in [-0.4, -0.2) is 5.91 Å². The van der Waals surface area contributed by atoms with Crippen molar-refractivity contribution in [1.29, 1.82) is 0 Å². The van der Waals surface area contributed by atoms with Crippen molar-refractivity contribution in [3.63, 3.8) is 0 Å². The van der Waals surface area contributed by atoms with Crippen LogP contribution in [0.3, 0.4) is 0 Å². The minimum Gasteiger partial charge on any atom is -0.280 e. The Morgan fingerprint density at radius 2 is 0.338 bits per heavy atom. The molecule has 0 amide bonds. The second kappa shape index (κ2) is 15.9. The van der Waals surface area contributed by atoms with Crippen molar-refractivity contribution in [3.05, 3.63) is 267 Å². The van der Waals surface area contributed by atoms with Crippen LogP contribution in [0.2, 0.25) is 0 Å². The second-order valence-corrected chi connectivity index (χ2v) is 16.6. The summed E-state index contributed by atoms with van der Waals surface area (Å²) in [6.45, 7) is 0. The first-order valence-electron chi connectivity index (χ1n) is 22.3. The van der Waals surface area contributed by atoms with E-state index in [0.717, 1.165) is 45.5 Å². The van der Waals surface area contributed by atoms with Crippen molar-refractivity contribution in [1.82, 2.24) is 0 Å². The van der Waals surface area contributed by atoms with E-state index in [1.54, 1.807) is 0 Å². The van der Waals surface area contributed by atoms with Crippen molar-refractivity contribution >= 4 is 45.5 Å². The van der Waals surface area contributed by atoms with Crippen LogP contribution in [0.15, 0.2) is 267 Å². The summed E-state index contributed by atoms with van der Waals surface area (Å²) in [5, 5.41) is 0. The summed E-state index contributed by atoms with van der Waals surface area (Å²) in [5.74, 6) is -1.07. The van der Waals surface area contributed by atoms with Crippen LogP contribution in [0.25, 0.3) is 44.5 Å². The van der Waals surface area contributed by atoms with Gasteiger partial charge in [0, 0.05) is 22.7 Å². The Morgan fingerprint density at radius 1 is 0.169 bits per heavy atom. The smallest absolute Gasteiger partial charge is 0.280 e. The number of para-hydroxylation sites is 4. The highest BCUT2D eigenvalue weighted by Gasteiger charge is 2.64. The van der Waals surface area contributed by atoms with Crippen molar-refractivity contribution in [3.8, 4) is 44.5 Å². The molecule has 0 aliphatic carbocycles. The molecule has 0 aromatic heterocycles. The molecule has 0 atom stereocenters. The first kappa shape index (κ1) is 38.1. The molecule has 10 aromatic rings. The summed E-state index contributed by atoms with van der Waals surface area (Å²) in [5.41, 5.74) is 18.0. The van der Waals surface area contributed by atoms with E-state index in [1.807, 2.05) is 0 Å². The molecule has 2 aliphatic rings. The summed E-state index contributed by atoms with van der Waals surface area (Å²) in [6, 6.07) is 96.7. The molecule has 12 rings (SSSR count). The molecule has 0 radical (unpaired) electrons. The van der Waals surface area contributed by atoms with Crippen LogP contribution in [0, 0.1) is 0 Å². The van der Waals surface area contributed by atoms with Gasteiger partial charge in [0.05, 0.1) is 22.7 Å². The average molecular weight is 833 g/mol. The fraction of sp³-hybridized carbons (Fsp3) is 0.0164. The lowest BCUT2D eigenvalue weighted by atomic mass is 10.0. The van der Waals surface area contributed by atoms with E-state index in [-0.39, 0.29) is 0 Å². The Kier molecular flexibility index (Phi) is 9.35. The van der Waals surface area contributed by atoms with Crippen LogP contribution in [-0.2, 0) is 0 Å². The summed E-state index contributed by atoms with van der Waals surface area (Å²) < 4.78 is 0. The minimum atomic E-state index is -1.07. The molecule has 65 heavy (non-hydrogen) atoms. The fourth-order valence-corrected chi connectivity index (χ4v) is 9.91. The zero-order chi connectivity index (χ0) is 43.2. The standard InChI is InChI=1S/C61H44N4/c1-5-17-45(18-6-1)49-29-37-53(38-30-49)62-57-25-13-14-26-58(57)63(54-39-31-50(32-40-54)46-19-7-2-8-20-46)61(62)64(55-41-33-51(34-42-55)47-21-9-3-10-22-47)59-27-15-16-28-60(59)65(61)56-43-35-52(36-44-56)48-23-11-4-12-24-48/h1-44H. The maximum atomic E-state index is 2.55. The number of benzene rings is 10. The highest BCUT2D eigenvalue weighted by atomic mass is 15.8. The third kappa shape index (κ3) is 6.38. The lowest BCUT2D eigenvalue weighted by Gasteiger charge is -2.53. The molecule has 0 N–H and O–H groups in total. The zero-order valence-corrected chi connectivity index (χ0v) is 35.7. The Morgan fingerprint density at radius 3 is 0.538 bits per heavy atom. The third-order valence-electron chi connectivity index (χ3n) is 12.9. The molecule has 4 nitrogen and oxygen atoms in total. The summed E-state index contributed by atoms with van der Waals surface area (Å²) >= 11 is 0. The molecule has 10 aromatic carbocycles. The molecule has 0 bridgehead atoms. The van der Waals surface area contributed by atoms with Crippen LogP contribution < -0.4 is 19.6 Å². The van der Waals surface area contributed by atoms with E-state index in [9.17, 15) is 0 Å². The van der Waals surface area contributed by atoms with Crippen LogP contribution in [0.5, 0.6) is 0 Å². The molecule has 2 heterocycles. The van der Waals surface area contributed by atoms with Gasteiger partial charge in [0.15, 0.2) is 0 Å². The van der Waals surface area contributed by atoms with Crippen LogP contribution in [0.1, 0.15) is 0 Å². The summed E-state index contributed by atoms with van der Waals surface area (Å²) in [4.78, 5) is 10.2. The van der Waals surface area contributed by atoms with Crippen molar-refractivity contribution < 1.29 is 0 Å². The molecule has 4 heteroatoms. The van der Waals surface area contributed by atoms with E-state index in [1.165, 1.54) is 44.5 Å². The maximum absolute atomic E-state index is 2.55. The number of rotatable bonds is 8. The van der Waals surface area contributed by atoms with Gasteiger partial charge in [-0.1, -0.05) is 194 Å². The van der Waals surface area contributed by atoms with Gasteiger partial charge in [-0.2, -0.15) is 0 Å². The lowest BCUT2D eigenvalue weighted by molar-refractivity contribution is 0.479. The predicted octanol–water partition coefficient (Wildman–Crippen LogP) is 16.2. The fourth-order valence-electron chi connectivity index (χ4n) is 9.91. The van der Waals surface area contributed by atoms with E-state index in [4.69, 9.17) is 0 Å². The lowest BCUT2D eigenvalue weighted by Crippen LogP contribution is -2.70. The Bertz CT molecular complexity index is 2780. The topological polar surface area (TPSA) is 13.0 Å². The highest BCUT2D eigenvalue weighted by molar-refractivity contribution is 6.02. The second-order valence-electron chi connectivity index (χ2n) is 16.6. The van der Waals surface area contributed by atoms with E-state index in [0.29, 0.717) is 0 Å². The van der Waals surface area contributed by atoms with Gasteiger partial charge in [-0.05, 0) is 117 Å². The van der Waals surface area contributed by atoms with Gasteiger partial charge in [-0.15, -0.1) is 0 Å². The number of anilines is 8. The Balaban J connectivity index is 1.14. The Labute approximate surface area is 380 Å². The molecule has 2 aliphatic heterocycles. The zero-order valence-electron chi connectivity index (χ0n) is 35.7. The quantitative estimate of drug-likeness (QED) is 0.151. The van der Waals surface area contributed by atoms with Gasteiger partial charge in [-0.25, -0.2) is 0 Å². The normalized spacial score (nSPS) is 13.5. The van der Waals surface area contributed by atoms with Crippen molar-refractivity contribution in [2.24, 2.45) is 0 Å². The molecular weight excluding hydrogens is 789 g/mol. The number of hydrogen-bond acceptors (Lipinski definition) is 4. The van der Waals surface area contributed by atoms with Crippen molar-refractivity contribution in [2.75, 3.05) is 19.6 Å². The molecule has 0 unspecified atom stereocenters. The molecule has 1 spiro atoms. The average Bonchev–Trinajstić information content (AvgIpc) is 3.86. The molecule has 0 saturated heterocycles. The predicted molar refractivity (Wildman–Crippen MR) is 272 cm³/mol. The SMILES string of the molecule is c1ccc(-c2ccc(N3c4ccccc4N(c4ccc(-c5ccccc5)cc4)C34N(c3ccc(-c5ccccc5)cc3)c3ccccc3N4c3ccc(-c4ccccc4)cc3)cc2)cc1. The first-order valence-corrected chi connectivity index (χ1v) is 22.3. The largest absolute Gasteiger partial charge is 0.295 e. The van der Waals surface area contributed by atoms with Gasteiger partial charge >= 0.3 is 0 Å². The number of hydrogen-bond donors (Lipinski definition) is 0. The monoisotopic (exact) mass is 832 g/mol. The Hall–Kier alpha value is -8.60. The molecular formula is C61H44N4. The summed E-state index contributed by atoms with van der Waals surface area (Å²) in [7, 11) is 0. The minimum absolute atomic E-state index is 1.06. The number of fused-ring (bicyclic) bond motifs is 2. The molecule has 308 valence electrons. The first-order chi connectivity index (χ1) is 32.3. The molecule has 0 saturated carbocycles. The van der Waals surface area contributed by atoms with Crippen LogP contribution in [0.4, 0.5) is 45.5 Å². The van der Waals surface area contributed by atoms with Gasteiger partial charge in [-0.3, -0.25) is 19.6 Å². The van der Waals surface area contributed by atoms with Gasteiger partial charge in [0.2, 0.25) is 0 Å². The van der Waals surface area contributed by atoms with Crippen molar-refractivity contribution in [2.45, 2.75) is 5.91 Å². The van der Waals surface area contributed by atoms with Crippen LogP contribution >= 0.6 is 0 Å². The molecule has 0 fully saturated rings. The van der Waals surface area contributed by atoms with Gasteiger partial charge in [0.25, 0.3) is 5.91 Å². The van der Waals surface area contributed by atoms with E-state index in [2.05, 4.69) is 287 Å². The van der Waals surface area contributed by atoms with E-state index >= 15 is 0 Å². The van der Waals surface area contributed by atoms with E-state index < -0.39 is 5.91 Å². The highest BCUT2D eigenvalue weighted by Crippen LogP contribution is 2.64.